The average Bonchev–Trinajstić information content (AvgIpc) is 3.07. The van der Waals surface area contributed by atoms with E-state index in [9.17, 15) is 0 Å². The normalized spacial score (nSPS) is 15.9. The molecule has 0 radical (unpaired) electrons. The first-order valence-electron chi connectivity index (χ1n) is 7.50. The van der Waals surface area contributed by atoms with E-state index in [-0.39, 0.29) is 20.4 Å². The second-order valence-electron chi connectivity index (χ2n) is 5.46. The summed E-state index contributed by atoms with van der Waals surface area (Å²) < 4.78 is 5.34. The van der Waals surface area contributed by atoms with E-state index < -0.39 is 0 Å². The summed E-state index contributed by atoms with van der Waals surface area (Å²) in [7, 11) is 4.31. The first-order chi connectivity index (χ1) is 11.2. The first-order valence-corrected chi connectivity index (χ1v) is 10.7. The molecule has 0 amide bonds. The van der Waals surface area contributed by atoms with Gasteiger partial charge < -0.3 is 0 Å². The fraction of sp³-hybridized carbons (Fsp3) is 0.105. The van der Waals surface area contributed by atoms with Crippen molar-refractivity contribution in [1.29, 1.82) is 0 Å². The molecule has 2 nitrogen and oxygen atoms in total. The molecule has 0 spiro atoms. The van der Waals surface area contributed by atoms with Crippen LogP contribution in [-0.2, 0) is 7.05 Å². The van der Waals surface area contributed by atoms with Crippen molar-refractivity contribution >= 4 is 52.9 Å². The van der Waals surface area contributed by atoms with Crippen LogP contribution in [0.4, 0.5) is 5.69 Å². The van der Waals surface area contributed by atoms with Crippen molar-refractivity contribution in [3.05, 3.63) is 69.4 Å². The van der Waals surface area contributed by atoms with Crippen molar-refractivity contribution in [3.63, 3.8) is 0 Å². The summed E-state index contributed by atoms with van der Waals surface area (Å²) in [6.07, 6.45) is 6.71. The number of aromatic nitrogens is 1. The zero-order valence-electron chi connectivity index (χ0n) is 13.1. The molecule has 0 unspecified atom stereocenters. The van der Waals surface area contributed by atoms with Gasteiger partial charge in [-0.2, -0.15) is 0 Å². The number of fused-ring (bicyclic) bond motifs is 2. The quantitative estimate of drug-likeness (QED) is 0.449. The van der Waals surface area contributed by atoms with Gasteiger partial charge in [-0.05, 0) is 0 Å². The molecule has 114 valence electrons. The summed E-state index contributed by atoms with van der Waals surface area (Å²) in [5.41, 5.74) is 2.67. The second kappa shape index (κ2) is 6.20. The first kappa shape index (κ1) is 15.1. The molecule has 4 rings (SSSR count). The minimum atomic E-state index is -0.257. The molecular formula is C19H17N2STe+. The Morgan fingerprint density at radius 3 is 2.70 bits per heavy atom. The van der Waals surface area contributed by atoms with Crippen LogP contribution in [0.5, 0.6) is 0 Å². The number of anilines is 1. The van der Waals surface area contributed by atoms with E-state index in [0.717, 1.165) is 0 Å². The van der Waals surface area contributed by atoms with Crippen LogP contribution in [0.3, 0.4) is 0 Å². The Kier molecular flexibility index (Phi) is 4.07. The number of allylic oxidation sites excluding steroid dienone is 2. The Labute approximate surface area is 150 Å². The number of nitrogens with zero attached hydrogens (tertiary/aromatic N) is 2. The fourth-order valence-corrected chi connectivity index (χ4v) is 6.84. The number of aryl methyl sites for hydroxylation is 1. The number of benzene rings is 2. The standard InChI is InChI=1S/C19H17N2STe/c1-20-14-8-3-5-10-16(14)22-18(20)12-7-13-19-21(2)15-9-4-6-11-17(15)23-19/h3-13H,1-2H3/q+1. The van der Waals surface area contributed by atoms with Crippen molar-refractivity contribution in [1.82, 2.24) is 0 Å². The van der Waals surface area contributed by atoms with E-state index >= 15 is 0 Å². The van der Waals surface area contributed by atoms with E-state index in [1.54, 1.807) is 0 Å². The van der Waals surface area contributed by atoms with Crippen LogP contribution in [0.2, 0.25) is 0 Å². The zero-order valence-corrected chi connectivity index (χ0v) is 16.2. The molecule has 0 saturated carbocycles. The van der Waals surface area contributed by atoms with Gasteiger partial charge in [0, 0.05) is 0 Å². The molecule has 1 aromatic heterocycles. The van der Waals surface area contributed by atoms with Crippen molar-refractivity contribution < 1.29 is 4.57 Å². The van der Waals surface area contributed by atoms with Crippen LogP contribution in [0.15, 0.2) is 70.6 Å². The maximum atomic E-state index is 2.34. The molecule has 2 heterocycles. The van der Waals surface area contributed by atoms with Gasteiger partial charge in [-0.3, -0.25) is 0 Å². The maximum absolute atomic E-state index is 2.34. The van der Waals surface area contributed by atoms with Crippen LogP contribution in [0.25, 0.3) is 15.0 Å². The van der Waals surface area contributed by atoms with Crippen LogP contribution in [0, 0.1) is 0 Å². The fourth-order valence-electron chi connectivity index (χ4n) is 2.75. The van der Waals surface area contributed by atoms with Crippen molar-refractivity contribution in [2.24, 2.45) is 7.05 Å². The third kappa shape index (κ3) is 2.76. The predicted octanol–water partition coefficient (Wildman–Crippen LogP) is 3.82. The van der Waals surface area contributed by atoms with E-state index in [2.05, 4.69) is 90.3 Å². The zero-order chi connectivity index (χ0) is 15.8. The third-order valence-electron chi connectivity index (χ3n) is 4.02. The van der Waals surface area contributed by atoms with Crippen LogP contribution >= 0.6 is 11.8 Å². The van der Waals surface area contributed by atoms with Gasteiger partial charge in [-0.1, -0.05) is 0 Å². The number of hydrogen-bond acceptors (Lipinski definition) is 2. The molecule has 0 N–H and O–H groups in total. The summed E-state index contributed by atoms with van der Waals surface area (Å²) in [5, 5.41) is 1.28. The Hall–Kier alpha value is -1.47. The van der Waals surface area contributed by atoms with E-state index in [1.165, 1.54) is 28.2 Å². The molecule has 4 heteroatoms. The van der Waals surface area contributed by atoms with Crippen molar-refractivity contribution in [3.8, 4) is 0 Å². The van der Waals surface area contributed by atoms with E-state index in [0.29, 0.717) is 0 Å². The van der Waals surface area contributed by atoms with Crippen molar-refractivity contribution in [2.75, 3.05) is 11.9 Å². The number of para-hydroxylation sites is 2. The Morgan fingerprint density at radius 2 is 1.87 bits per heavy atom. The van der Waals surface area contributed by atoms with Crippen LogP contribution < -0.4 is 9.47 Å². The van der Waals surface area contributed by atoms with E-state index in [1.807, 2.05) is 11.8 Å². The van der Waals surface area contributed by atoms with Gasteiger partial charge >= 0.3 is 151 Å². The van der Waals surface area contributed by atoms with Gasteiger partial charge in [0.25, 0.3) is 0 Å². The molecule has 2 aromatic carbocycles. The Morgan fingerprint density at radius 1 is 1.09 bits per heavy atom. The van der Waals surface area contributed by atoms with Gasteiger partial charge in [-0.15, -0.1) is 0 Å². The number of rotatable bonds is 2. The van der Waals surface area contributed by atoms with Gasteiger partial charge in [0.2, 0.25) is 0 Å². The van der Waals surface area contributed by atoms with Crippen LogP contribution in [-0.4, -0.2) is 27.5 Å². The van der Waals surface area contributed by atoms with Gasteiger partial charge in [0.05, 0.1) is 0 Å². The Bertz CT molecular complexity index is 939. The minimum absolute atomic E-state index is 0.257. The topological polar surface area (TPSA) is 7.12 Å². The summed E-state index contributed by atoms with van der Waals surface area (Å²) >= 11 is 1.58. The monoisotopic (exact) mass is 435 g/mol. The summed E-state index contributed by atoms with van der Waals surface area (Å²) in [5.74, 6) is 0. The summed E-state index contributed by atoms with van der Waals surface area (Å²) in [6.45, 7) is 0. The second-order valence-corrected chi connectivity index (χ2v) is 9.55. The molecule has 0 saturated heterocycles. The van der Waals surface area contributed by atoms with E-state index in [4.69, 9.17) is 0 Å². The number of hydrogen-bond donors (Lipinski definition) is 0. The third-order valence-corrected chi connectivity index (χ3v) is 8.59. The molecule has 3 aromatic rings. The molecule has 1 aliphatic heterocycles. The molecule has 0 aliphatic carbocycles. The number of thioether (sulfide) groups is 1. The molecule has 0 bridgehead atoms. The molecule has 0 atom stereocenters. The molecule has 0 fully saturated rings. The summed E-state index contributed by atoms with van der Waals surface area (Å²) in [4.78, 5) is 3.60. The average molecular weight is 433 g/mol. The van der Waals surface area contributed by atoms with Gasteiger partial charge in [0.15, 0.2) is 0 Å². The predicted molar refractivity (Wildman–Crippen MR) is 99.9 cm³/mol. The molecule has 23 heavy (non-hydrogen) atoms. The van der Waals surface area contributed by atoms with Gasteiger partial charge in [0.1, 0.15) is 0 Å². The Balaban J connectivity index is 1.61. The molecule has 1 aliphatic rings. The summed E-state index contributed by atoms with van der Waals surface area (Å²) in [6, 6.07) is 17.3. The molecular weight excluding hydrogens is 416 g/mol. The van der Waals surface area contributed by atoms with Gasteiger partial charge in [-0.25, -0.2) is 0 Å². The van der Waals surface area contributed by atoms with Crippen molar-refractivity contribution in [2.45, 2.75) is 4.90 Å². The SMILES string of the molecule is CN1/C(=C/C=C/c2[te]c3ccccc3[n+]2C)Sc2ccccc21. The van der Waals surface area contributed by atoms with Crippen LogP contribution in [0.1, 0.15) is 3.71 Å².